The van der Waals surface area contributed by atoms with E-state index < -0.39 is 0 Å². The summed E-state index contributed by atoms with van der Waals surface area (Å²) in [6, 6.07) is 5.29. The van der Waals surface area contributed by atoms with Crippen molar-refractivity contribution in [3.05, 3.63) is 60.2 Å². The van der Waals surface area contributed by atoms with Gasteiger partial charge in [-0.25, -0.2) is 4.98 Å². The predicted molar refractivity (Wildman–Crippen MR) is 76.6 cm³/mol. The number of nitrogens with one attached hydrogen (secondary N) is 1. The molecule has 0 atom stereocenters. The molecule has 0 unspecified atom stereocenters. The van der Waals surface area contributed by atoms with Gasteiger partial charge in [-0.2, -0.15) is 0 Å². The Morgan fingerprint density at radius 3 is 2.50 bits per heavy atom. The summed E-state index contributed by atoms with van der Waals surface area (Å²) in [5.41, 5.74) is 1.18. The summed E-state index contributed by atoms with van der Waals surface area (Å²) in [6.07, 6.45) is 0.391. The Kier molecular flexibility index (Phi) is 4.10. The number of halogens is 3. The lowest BCUT2D eigenvalue weighted by atomic mass is 10.1. The summed E-state index contributed by atoms with van der Waals surface area (Å²) in [4.78, 5) is 18.6. The molecular weight excluding hydrogens is 339 g/mol. The second-order valence-electron chi connectivity index (χ2n) is 3.79. The van der Waals surface area contributed by atoms with Crippen molar-refractivity contribution < 1.29 is 0 Å². The molecule has 0 aliphatic heterocycles. The molecule has 0 fully saturated rings. The monoisotopic (exact) mass is 346 g/mol. The second kappa shape index (κ2) is 5.43. The van der Waals surface area contributed by atoms with Gasteiger partial charge in [0.1, 0.15) is 10.3 Å². The van der Waals surface area contributed by atoms with E-state index in [4.69, 9.17) is 23.2 Å². The summed E-state index contributed by atoms with van der Waals surface area (Å²) < 4.78 is 0.441. The van der Waals surface area contributed by atoms with Crippen LogP contribution in [0.1, 0.15) is 17.1 Å². The van der Waals surface area contributed by atoms with Crippen molar-refractivity contribution in [2.24, 2.45) is 0 Å². The Labute approximate surface area is 122 Å². The Bertz CT molecular complexity index is 635. The third kappa shape index (κ3) is 2.76. The maximum absolute atomic E-state index is 11.6. The molecule has 6 heteroatoms. The van der Waals surface area contributed by atoms with Gasteiger partial charge < -0.3 is 4.98 Å². The average molecular weight is 348 g/mol. The zero-order valence-electron chi connectivity index (χ0n) is 9.43. The Balaban J connectivity index is 2.44. The molecule has 0 amide bonds. The average Bonchev–Trinajstić information content (AvgIpc) is 2.31. The first-order valence-electron chi connectivity index (χ1n) is 5.17. The van der Waals surface area contributed by atoms with Gasteiger partial charge in [-0.1, -0.05) is 29.3 Å². The van der Waals surface area contributed by atoms with Crippen LogP contribution in [0.2, 0.25) is 10.0 Å². The maximum Gasteiger partial charge on any atom is 0.265 e. The standard InChI is InChI=1S/C12H9BrCl2N2O/c1-6-11(13)12(18)17-10(16-6)5-7-8(14)3-2-4-9(7)15/h2-4H,5H2,1H3,(H,16,17,18). The highest BCUT2D eigenvalue weighted by Gasteiger charge is 2.10. The summed E-state index contributed by atoms with van der Waals surface area (Å²) >= 11 is 15.3. The normalized spacial score (nSPS) is 10.7. The molecule has 0 saturated carbocycles. The molecule has 0 aliphatic carbocycles. The van der Waals surface area contributed by atoms with E-state index in [1.165, 1.54) is 0 Å². The van der Waals surface area contributed by atoms with Gasteiger partial charge >= 0.3 is 0 Å². The van der Waals surface area contributed by atoms with E-state index in [2.05, 4.69) is 25.9 Å². The fraction of sp³-hybridized carbons (Fsp3) is 0.167. The van der Waals surface area contributed by atoms with E-state index in [0.29, 0.717) is 32.5 Å². The molecule has 1 aromatic heterocycles. The third-order valence-electron chi connectivity index (χ3n) is 2.48. The fourth-order valence-electron chi connectivity index (χ4n) is 1.58. The van der Waals surface area contributed by atoms with Gasteiger partial charge in [0.25, 0.3) is 5.56 Å². The molecule has 0 aliphatic rings. The minimum atomic E-state index is -0.208. The highest BCUT2D eigenvalue weighted by Crippen LogP contribution is 2.26. The number of nitrogens with zero attached hydrogens (tertiary/aromatic N) is 1. The molecule has 2 aromatic rings. The number of aromatic nitrogens is 2. The van der Waals surface area contributed by atoms with Crippen molar-refractivity contribution in [2.45, 2.75) is 13.3 Å². The van der Waals surface area contributed by atoms with Crippen molar-refractivity contribution in [1.29, 1.82) is 0 Å². The smallest absolute Gasteiger partial charge is 0.265 e. The number of aryl methyl sites for hydroxylation is 1. The van der Waals surface area contributed by atoms with Crippen molar-refractivity contribution in [1.82, 2.24) is 9.97 Å². The number of hydrogen-bond donors (Lipinski definition) is 1. The lowest BCUT2D eigenvalue weighted by Gasteiger charge is -2.07. The summed E-state index contributed by atoms with van der Waals surface area (Å²) in [5.74, 6) is 0.538. The SMILES string of the molecule is Cc1nc(Cc2c(Cl)cccc2Cl)[nH]c(=O)c1Br. The van der Waals surface area contributed by atoms with Gasteiger partial charge in [0.15, 0.2) is 0 Å². The van der Waals surface area contributed by atoms with Gasteiger partial charge in [0.2, 0.25) is 0 Å². The quantitative estimate of drug-likeness (QED) is 0.899. The third-order valence-corrected chi connectivity index (χ3v) is 4.13. The van der Waals surface area contributed by atoms with Crippen LogP contribution >= 0.6 is 39.1 Å². The fourth-order valence-corrected chi connectivity index (χ4v) is 2.30. The van der Waals surface area contributed by atoms with Crippen LogP contribution in [-0.2, 0) is 6.42 Å². The van der Waals surface area contributed by atoms with Crippen LogP contribution in [-0.4, -0.2) is 9.97 Å². The predicted octanol–water partition coefficient (Wildman–Crippen LogP) is 3.74. The summed E-state index contributed by atoms with van der Waals surface area (Å²) in [6.45, 7) is 1.76. The molecule has 0 radical (unpaired) electrons. The van der Waals surface area contributed by atoms with Crippen molar-refractivity contribution >= 4 is 39.1 Å². The first-order chi connectivity index (χ1) is 8.49. The summed E-state index contributed by atoms with van der Waals surface area (Å²) in [5, 5.41) is 1.12. The number of rotatable bonds is 2. The highest BCUT2D eigenvalue weighted by molar-refractivity contribution is 9.10. The van der Waals surface area contributed by atoms with Gasteiger partial charge in [-0.3, -0.25) is 4.79 Å². The van der Waals surface area contributed by atoms with Crippen LogP contribution in [0.4, 0.5) is 0 Å². The first kappa shape index (κ1) is 13.6. The molecule has 18 heavy (non-hydrogen) atoms. The number of benzene rings is 1. The molecule has 3 nitrogen and oxygen atoms in total. The van der Waals surface area contributed by atoms with Crippen molar-refractivity contribution in [3.8, 4) is 0 Å². The number of aromatic amines is 1. The molecule has 2 rings (SSSR count). The minimum absolute atomic E-state index is 0.208. The Hall–Kier alpha value is -0.840. The van der Waals surface area contributed by atoms with Crippen molar-refractivity contribution in [3.63, 3.8) is 0 Å². The second-order valence-corrected chi connectivity index (χ2v) is 5.40. The van der Waals surface area contributed by atoms with E-state index in [-0.39, 0.29) is 5.56 Å². The van der Waals surface area contributed by atoms with E-state index in [0.717, 1.165) is 5.56 Å². The van der Waals surface area contributed by atoms with E-state index in [9.17, 15) is 4.79 Å². The van der Waals surface area contributed by atoms with Crippen LogP contribution in [0.5, 0.6) is 0 Å². The lowest BCUT2D eigenvalue weighted by Crippen LogP contribution is -2.14. The molecule has 0 saturated heterocycles. The lowest BCUT2D eigenvalue weighted by molar-refractivity contribution is 0.911. The topological polar surface area (TPSA) is 45.8 Å². The van der Waals surface area contributed by atoms with Gasteiger partial charge in [-0.15, -0.1) is 0 Å². The zero-order chi connectivity index (χ0) is 13.3. The highest BCUT2D eigenvalue weighted by atomic mass is 79.9. The molecule has 1 aromatic carbocycles. The van der Waals surface area contributed by atoms with Crippen LogP contribution in [0, 0.1) is 6.92 Å². The van der Waals surface area contributed by atoms with Gasteiger partial charge in [-0.05, 0) is 40.5 Å². The molecular formula is C12H9BrCl2N2O. The zero-order valence-corrected chi connectivity index (χ0v) is 12.5. The Morgan fingerprint density at radius 1 is 1.33 bits per heavy atom. The largest absolute Gasteiger partial charge is 0.309 e. The first-order valence-corrected chi connectivity index (χ1v) is 6.72. The number of hydrogen-bond acceptors (Lipinski definition) is 2. The molecule has 0 spiro atoms. The van der Waals surface area contributed by atoms with E-state index in [1.54, 1.807) is 25.1 Å². The van der Waals surface area contributed by atoms with Crippen LogP contribution < -0.4 is 5.56 Å². The molecule has 0 bridgehead atoms. The molecule has 1 N–H and O–H groups in total. The minimum Gasteiger partial charge on any atom is -0.309 e. The van der Waals surface area contributed by atoms with E-state index >= 15 is 0 Å². The van der Waals surface area contributed by atoms with Crippen LogP contribution in [0.25, 0.3) is 0 Å². The van der Waals surface area contributed by atoms with Crippen LogP contribution in [0.15, 0.2) is 27.5 Å². The molecule has 1 heterocycles. The Morgan fingerprint density at radius 2 is 1.94 bits per heavy atom. The van der Waals surface area contributed by atoms with E-state index in [1.807, 2.05) is 0 Å². The van der Waals surface area contributed by atoms with Gasteiger partial charge in [0, 0.05) is 16.5 Å². The van der Waals surface area contributed by atoms with Gasteiger partial charge in [0.05, 0.1) is 5.69 Å². The molecule has 94 valence electrons. The number of H-pyrrole nitrogens is 1. The van der Waals surface area contributed by atoms with Crippen molar-refractivity contribution in [2.75, 3.05) is 0 Å². The maximum atomic E-state index is 11.6. The van der Waals surface area contributed by atoms with Crippen LogP contribution in [0.3, 0.4) is 0 Å². The summed E-state index contributed by atoms with van der Waals surface area (Å²) in [7, 11) is 0.